The van der Waals surface area contributed by atoms with Gasteiger partial charge < -0.3 is 14.7 Å². The minimum atomic E-state index is -0.0349. The lowest BCUT2D eigenvalue weighted by molar-refractivity contribution is -0.130. The number of carbonyl (C=O) groups excluding carboxylic acids is 1. The van der Waals surface area contributed by atoms with Gasteiger partial charge in [-0.05, 0) is 62.0 Å². The van der Waals surface area contributed by atoms with E-state index in [1.807, 2.05) is 6.20 Å². The Balaban J connectivity index is 1.44. The van der Waals surface area contributed by atoms with Gasteiger partial charge in [0.1, 0.15) is 11.6 Å². The van der Waals surface area contributed by atoms with Crippen molar-refractivity contribution in [3.8, 4) is 11.1 Å². The van der Waals surface area contributed by atoms with Gasteiger partial charge in [-0.2, -0.15) is 5.10 Å². The van der Waals surface area contributed by atoms with Crippen molar-refractivity contribution < 1.29 is 4.79 Å². The van der Waals surface area contributed by atoms with Gasteiger partial charge in [0.15, 0.2) is 0 Å². The van der Waals surface area contributed by atoms with E-state index in [0.29, 0.717) is 19.1 Å². The number of likely N-dealkylation sites (tertiary alicyclic amines) is 1. The number of likely N-dealkylation sites (N-methyl/N-ethyl adjacent to an activating group) is 1. The molecule has 0 aliphatic carbocycles. The van der Waals surface area contributed by atoms with Gasteiger partial charge in [-0.3, -0.25) is 9.89 Å². The van der Waals surface area contributed by atoms with Crippen molar-refractivity contribution in [2.45, 2.75) is 18.9 Å². The first-order valence-corrected chi connectivity index (χ1v) is 12.0. The van der Waals surface area contributed by atoms with Crippen LogP contribution in [0.25, 0.3) is 32.9 Å². The number of anilines is 1. The Kier molecular flexibility index (Phi) is 5.07. The van der Waals surface area contributed by atoms with Gasteiger partial charge in [0.2, 0.25) is 5.91 Å². The molecule has 8 heteroatoms. The van der Waals surface area contributed by atoms with Gasteiger partial charge in [0.05, 0.1) is 23.1 Å². The number of fused-ring (bicyclic) bond motifs is 2. The normalized spacial score (nSPS) is 16.7. The smallest absolute Gasteiger partial charge is 0.246 e. The number of nitrogens with one attached hydrogen (secondary N) is 1. The van der Waals surface area contributed by atoms with Gasteiger partial charge >= 0.3 is 0 Å². The van der Waals surface area contributed by atoms with Crippen LogP contribution in [0.1, 0.15) is 17.3 Å². The molecule has 2 aromatic carbocycles. The predicted octanol–water partition coefficient (Wildman–Crippen LogP) is 3.34. The summed E-state index contributed by atoms with van der Waals surface area (Å²) in [6, 6.07) is 11.2. The Morgan fingerprint density at radius 3 is 2.66 bits per heavy atom. The van der Waals surface area contributed by atoms with Crippen LogP contribution in [0.4, 0.5) is 5.82 Å². The van der Waals surface area contributed by atoms with Crippen LogP contribution in [0, 0.1) is 6.92 Å². The largest absolute Gasteiger partial charge is 0.353 e. The standard InChI is InChI=1S/C27H29N7O/c1-5-24(35)33-12-18(13-33)26-29-22-9-7-17(25-16(2)6-8-23-21(25)11-28-31-23)10-20(22)27(30-26)34-14-19(15-34)32(3)4/h5-11,18-19H,1,12-15H2,2-4H3,(H,28,31). The fourth-order valence-corrected chi connectivity index (χ4v) is 5.12. The molecule has 1 amide bonds. The fraction of sp³-hybridized carbons (Fsp3) is 0.333. The highest BCUT2D eigenvalue weighted by atomic mass is 16.2. The number of rotatable bonds is 5. The van der Waals surface area contributed by atoms with Crippen LogP contribution in [-0.2, 0) is 4.79 Å². The van der Waals surface area contributed by atoms with E-state index in [0.717, 1.165) is 52.1 Å². The second-order valence-corrected chi connectivity index (χ2v) is 9.89. The van der Waals surface area contributed by atoms with Gasteiger partial charge in [-0.1, -0.05) is 18.7 Å². The Morgan fingerprint density at radius 1 is 1.11 bits per heavy atom. The van der Waals surface area contributed by atoms with Crippen LogP contribution in [0.2, 0.25) is 0 Å². The molecule has 2 fully saturated rings. The van der Waals surface area contributed by atoms with Gasteiger partial charge in [-0.15, -0.1) is 0 Å². The molecule has 1 N–H and O–H groups in total. The van der Waals surface area contributed by atoms with Gasteiger partial charge in [-0.25, -0.2) is 9.97 Å². The molecule has 0 atom stereocenters. The molecule has 0 spiro atoms. The van der Waals surface area contributed by atoms with Gasteiger partial charge in [0, 0.05) is 43.0 Å². The lowest BCUT2D eigenvalue weighted by atomic mass is 9.95. The van der Waals surface area contributed by atoms with E-state index in [2.05, 4.69) is 77.9 Å². The molecule has 178 valence electrons. The minimum absolute atomic E-state index is 0.0349. The summed E-state index contributed by atoms with van der Waals surface area (Å²) >= 11 is 0. The van der Waals surface area contributed by atoms with Crippen LogP contribution in [0.5, 0.6) is 0 Å². The van der Waals surface area contributed by atoms with Crippen molar-refractivity contribution in [1.29, 1.82) is 0 Å². The van der Waals surface area contributed by atoms with Crippen LogP contribution < -0.4 is 4.90 Å². The molecule has 6 rings (SSSR count). The molecule has 0 radical (unpaired) electrons. The fourth-order valence-electron chi connectivity index (χ4n) is 5.12. The first-order valence-electron chi connectivity index (χ1n) is 12.0. The SMILES string of the molecule is C=CC(=O)N1CC(c2nc(N3CC(N(C)C)C3)c3cc(-c4c(C)ccc5[nH]ncc45)ccc3n2)C1. The number of hydrogen-bond acceptors (Lipinski definition) is 6. The lowest BCUT2D eigenvalue weighted by Crippen LogP contribution is -2.58. The summed E-state index contributed by atoms with van der Waals surface area (Å²) in [7, 11) is 4.25. The molecule has 4 heterocycles. The highest BCUT2D eigenvalue weighted by molar-refractivity contribution is 6.00. The van der Waals surface area contributed by atoms with E-state index in [4.69, 9.17) is 9.97 Å². The Bertz CT molecular complexity index is 1460. The highest BCUT2D eigenvalue weighted by Gasteiger charge is 2.35. The maximum atomic E-state index is 11.9. The third kappa shape index (κ3) is 3.56. The zero-order chi connectivity index (χ0) is 24.3. The highest BCUT2D eigenvalue weighted by Crippen LogP contribution is 2.37. The number of aromatic nitrogens is 4. The lowest BCUT2D eigenvalue weighted by Gasteiger charge is -2.44. The van der Waals surface area contributed by atoms with Crippen molar-refractivity contribution in [3.05, 3.63) is 60.6 Å². The molecule has 0 unspecified atom stereocenters. The van der Waals surface area contributed by atoms with E-state index >= 15 is 0 Å². The molecular formula is C27H29N7O. The third-order valence-corrected chi connectivity index (χ3v) is 7.44. The number of nitrogens with zero attached hydrogens (tertiary/aromatic N) is 6. The summed E-state index contributed by atoms with van der Waals surface area (Å²) in [5.74, 6) is 1.91. The number of benzene rings is 2. The molecule has 2 saturated heterocycles. The number of aryl methyl sites for hydroxylation is 1. The van der Waals surface area contributed by atoms with E-state index in [-0.39, 0.29) is 11.8 Å². The summed E-state index contributed by atoms with van der Waals surface area (Å²) in [6.07, 6.45) is 3.26. The zero-order valence-electron chi connectivity index (χ0n) is 20.3. The first-order chi connectivity index (χ1) is 16.9. The number of aromatic amines is 1. The van der Waals surface area contributed by atoms with Crippen molar-refractivity contribution in [1.82, 2.24) is 30.0 Å². The van der Waals surface area contributed by atoms with E-state index in [9.17, 15) is 4.79 Å². The number of carbonyl (C=O) groups is 1. The van der Waals surface area contributed by atoms with E-state index in [1.54, 1.807) is 4.90 Å². The average molecular weight is 468 g/mol. The van der Waals surface area contributed by atoms with E-state index in [1.165, 1.54) is 17.2 Å². The van der Waals surface area contributed by atoms with E-state index < -0.39 is 0 Å². The first kappa shape index (κ1) is 21.7. The van der Waals surface area contributed by atoms with Crippen LogP contribution >= 0.6 is 0 Å². The molecule has 8 nitrogen and oxygen atoms in total. The van der Waals surface area contributed by atoms with Crippen LogP contribution in [-0.4, -0.2) is 82.2 Å². The second-order valence-electron chi connectivity index (χ2n) is 9.89. The molecule has 2 aromatic heterocycles. The number of hydrogen-bond donors (Lipinski definition) is 1. The molecule has 35 heavy (non-hydrogen) atoms. The zero-order valence-corrected chi connectivity index (χ0v) is 20.3. The second kappa shape index (κ2) is 8.16. The molecule has 4 aromatic rings. The Hall–Kier alpha value is -3.78. The van der Waals surface area contributed by atoms with Crippen molar-refractivity contribution in [3.63, 3.8) is 0 Å². The van der Waals surface area contributed by atoms with Crippen LogP contribution in [0.15, 0.2) is 49.2 Å². The molecular weight excluding hydrogens is 438 g/mol. The topological polar surface area (TPSA) is 81.3 Å². The van der Waals surface area contributed by atoms with Gasteiger partial charge in [0.25, 0.3) is 0 Å². The average Bonchev–Trinajstić information content (AvgIpc) is 3.25. The Morgan fingerprint density at radius 2 is 1.91 bits per heavy atom. The number of H-pyrrole nitrogens is 1. The summed E-state index contributed by atoms with van der Waals surface area (Å²) in [5.41, 5.74) is 5.48. The number of amides is 1. The minimum Gasteiger partial charge on any atom is -0.353 e. The maximum absolute atomic E-state index is 11.9. The molecule has 0 saturated carbocycles. The van der Waals surface area contributed by atoms with Crippen LogP contribution in [0.3, 0.4) is 0 Å². The Labute approximate surface area is 204 Å². The predicted molar refractivity (Wildman–Crippen MR) is 139 cm³/mol. The van der Waals surface area contributed by atoms with Crippen molar-refractivity contribution in [2.75, 3.05) is 45.2 Å². The molecule has 2 aliphatic heterocycles. The van der Waals surface area contributed by atoms with Crippen molar-refractivity contribution in [2.24, 2.45) is 0 Å². The monoisotopic (exact) mass is 467 g/mol. The third-order valence-electron chi connectivity index (χ3n) is 7.44. The van der Waals surface area contributed by atoms with Crippen molar-refractivity contribution >= 4 is 33.5 Å². The summed E-state index contributed by atoms with van der Waals surface area (Å²) in [5, 5.41) is 9.51. The summed E-state index contributed by atoms with van der Waals surface area (Å²) in [6.45, 7) is 8.87. The summed E-state index contributed by atoms with van der Waals surface area (Å²) < 4.78 is 0. The maximum Gasteiger partial charge on any atom is 0.246 e. The quantitative estimate of drug-likeness (QED) is 0.454. The summed E-state index contributed by atoms with van der Waals surface area (Å²) in [4.78, 5) is 28.4. The molecule has 0 bridgehead atoms. The molecule has 2 aliphatic rings.